The number of carbonyl (C=O) groups is 3. The van der Waals surface area contributed by atoms with Crippen LogP contribution in [0.1, 0.15) is 5.01 Å². The Balaban J connectivity index is 1.49. The summed E-state index contributed by atoms with van der Waals surface area (Å²) in [7, 11) is 0. The third-order valence-corrected chi connectivity index (χ3v) is 4.33. The molecule has 1 aromatic heterocycles. The van der Waals surface area contributed by atoms with Gasteiger partial charge >= 0.3 is 6.03 Å². The van der Waals surface area contributed by atoms with Gasteiger partial charge in [0.25, 0.3) is 5.91 Å². The Hall–Kier alpha value is -2.48. The Bertz CT molecular complexity index is 694. The van der Waals surface area contributed by atoms with Gasteiger partial charge in [0.05, 0.1) is 21.8 Å². The summed E-state index contributed by atoms with van der Waals surface area (Å²) in [5.41, 5.74) is 0.952. The zero-order valence-corrected chi connectivity index (χ0v) is 12.5. The summed E-state index contributed by atoms with van der Waals surface area (Å²) in [6.45, 7) is 0.130. The summed E-state index contributed by atoms with van der Waals surface area (Å²) in [6.07, 6.45) is 0.616. The van der Waals surface area contributed by atoms with Gasteiger partial charge in [-0.1, -0.05) is 12.1 Å². The Morgan fingerprint density at radius 2 is 2.18 bits per heavy atom. The van der Waals surface area contributed by atoms with E-state index in [0.29, 0.717) is 13.0 Å². The minimum atomic E-state index is -0.522. The van der Waals surface area contributed by atoms with Gasteiger partial charge in [-0.25, -0.2) is 9.78 Å². The number of nitrogens with zero attached hydrogens (tertiary/aromatic N) is 2. The van der Waals surface area contributed by atoms with E-state index in [9.17, 15) is 14.4 Å². The number of nitrogens with one attached hydrogen (secondary N) is 2. The lowest BCUT2D eigenvalue weighted by Gasteiger charge is -2.11. The Morgan fingerprint density at radius 1 is 1.36 bits per heavy atom. The van der Waals surface area contributed by atoms with Crippen molar-refractivity contribution < 1.29 is 14.4 Å². The van der Waals surface area contributed by atoms with Crippen LogP contribution in [0.4, 0.5) is 4.79 Å². The van der Waals surface area contributed by atoms with Crippen LogP contribution in [-0.4, -0.2) is 47.4 Å². The van der Waals surface area contributed by atoms with Crippen LogP contribution in [0.3, 0.4) is 0 Å². The molecular weight excluding hydrogens is 304 g/mol. The maximum atomic E-state index is 11.8. The molecule has 0 atom stereocenters. The first-order valence-electron chi connectivity index (χ1n) is 6.83. The van der Waals surface area contributed by atoms with Crippen LogP contribution < -0.4 is 10.6 Å². The first-order valence-corrected chi connectivity index (χ1v) is 7.64. The number of rotatable bonds is 5. The van der Waals surface area contributed by atoms with Gasteiger partial charge in [-0.2, -0.15) is 0 Å². The van der Waals surface area contributed by atoms with Gasteiger partial charge in [0.15, 0.2) is 0 Å². The van der Waals surface area contributed by atoms with E-state index in [1.54, 1.807) is 11.3 Å². The highest BCUT2D eigenvalue weighted by molar-refractivity contribution is 7.18. The molecule has 4 amide bonds. The molecule has 7 nitrogen and oxygen atoms in total. The van der Waals surface area contributed by atoms with Crippen LogP contribution >= 0.6 is 11.3 Å². The molecule has 2 N–H and O–H groups in total. The van der Waals surface area contributed by atoms with Gasteiger partial charge in [0.1, 0.15) is 6.54 Å². The zero-order chi connectivity index (χ0) is 15.5. The molecule has 1 aliphatic rings. The number of fused-ring (bicyclic) bond motifs is 1. The van der Waals surface area contributed by atoms with Crippen LogP contribution in [0.5, 0.6) is 0 Å². The van der Waals surface area contributed by atoms with E-state index in [4.69, 9.17) is 0 Å². The number of para-hydroxylation sites is 1. The quantitative estimate of drug-likeness (QED) is 0.786. The van der Waals surface area contributed by atoms with Crippen molar-refractivity contribution in [3.05, 3.63) is 29.3 Å². The van der Waals surface area contributed by atoms with E-state index in [0.717, 1.165) is 20.1 Å². The summed E-state index contributed by atoms with van der Waals surface area (Å²) >= 11 is 1.59. The third-order valence-electron chi connectivity index (χ3n) is 3.24. The number of urea groups is 1. The lowest BCUT2D eigenvalue weighted by molar-refractivity contribution is -0.130. The molecule has 1 aromatic carbocycles. The van der Waals surface area contributed by atoms with Crippen LogP contribution in [0.15, 0.2) is 24.3 Å². The molecule has 0 saturated carbocycles. The lowest BCUT2D eigenvalue weighted by atomic mass is 10.3. The molecule has 0 unspecified atom stereocenters. The van der Waals surface area contributed by atoms with Crippen LogP contribution in [-0.2, 0) is 16.0 Å². The predicted molar refractivity (Wildman–Crippen MR) is 81.4 cm³/mol. The summed E-state index contributed by atoms with van der Waals surface area (Å²) < 4.78 is 1.11. The first kappa shape index (κ1) is 14.5. The molecule has 0 aliphatic carbocycles. The van der Waals surface area contributed by atoms with Gasteiger partial charge in [0, 0.05) is 13.0 Å². The molecule has 0 spiro atoms. The van der Waals surface area contributed by atoms with Crippen LogP contribution in [0, 0.1) is 0 Å². The molecule has 2 heterocycles. The van der Waals surface area contributed by atoms with E-state index in [2.05, 4.69) is 15.6 Å². The Kier molecular flexibility index (Phi) is 4.01. The number of hydrogen-bond acceptors (Lipinski definition) is 5. The van der Waals surface area contributed by atoms with E-state index >= 15 is 0 Å². The molecule has 1 aliphatic heterocycles. The topological polar surface area (TPSA) is 91.4 Å². The first-order chi connectivity index (χ1) is 10.6. The number of benzene rings is 1. The number of hydrogen-bond donors (Lipinski definition) is 2. The summed E-state index contributed by atoms with van der Waals surface area (Å²) in [4.78, 5) is 39.8. The summed E-state index contributed by atoms with van der Waals surface area (Å²) in [5, 5.41) is 6.01. The monoisotopic (exact) mass is 318 g/mol. The molecule has 1 fully saturated rings. The molecule has 0 bridgehead atoms. The maximum Gasteiger partial charge on any atom is 0.325 e. The average Bonchev–Trinajstić information content (AvgIpc) is 3.05. The Labute approximate surface area is 130 Å². The third kappa shape index (κ3) is 3.06. The minimum Gasteiger partial charge on any atom is -0.354 e. The fourth-order valence-corrected chi connectivity index (χ4v) is 3.12. The second-order valence-electron chi connectivity index (χ2n) is 4.81. The molecule has 2 aromatic rings. The van der Waals surface area contributed by atoms with Gasteiger partial charge in [-0.3, -0.25) is 14.5 Å². The number of amides is 4. The van der Waals surface area contributed by atoms with Gasteiger partial charge < -0.3 is 10.6 Å². The largest absolute Gasteiger partial charge is 0.354 e. The zero-order valence-electron chi connectivity index (χ0n) is 11.7. The maximum absolute atomic E-state index is 11.8. The van der Waals surface area contributed by atoms with Gasteiger partial charge in [0.2, 0.25) is 5.91 Å². The fourth-order valence-electron chi connectivity index (χ4n) is 2.15. The second-order valence-corrected chi connectivity index (χ2v) is 5.93. The number of imide groups is 1. The van der Waals surface area contributed by atoms with Crippen molar-refractivity contribution in [3.63, 3.8) is 0 Å². The molecule has 8 heteroatoms. The number of carbonyl (C=O) groups excluding carboxylic acids is 3. The highest BCUT2D eigenvalue weighted by atomic mass is 32.1. The van der Waals surface area contributed by atoms with Gasteiger partial charge in [-0.05, 0) is 12.1 Å². The van der Waals surface area contributed by atoms with Crippen molar-refractivity contribution in [2.45, 2.75) is 6.42 Å². The van der Waals surface area contributed by atoms with Crippen molar-refractivity contribution in [1.82, 2.24) is 20.5 Å². The molecule has 114 valence electrons. The standard InChI is InChI=1S/C14H14N4O3S/c19-11(8-18-13(20)7-16-14(18)21)15-6-5-12-17-9-3-1-2-4-10(9)22-12/h1-4H,5-8H2,(H,15,19)(H,16,21). The van der Waals surface area contributed by atoms with Crippen LogP contribution in [0.25, 0.3) is 10.2 Å². The SMILES string of the molecule is O=C(CN1C(=O)CNC1=O)NCCc1nc2ccccc2s1. The molecule has 22 heavy (non-hydrogen) atoms. The Morgan fingerprint density at radius 3 is 2.91 bits per heavy atom. The van der Waals surface area contributed by atoms with E-state index in [1.807, 2.05) is 24.3 Å². The highest BCUT2D eigenvalue weighted by Crippen LogP contribution is 2.21. The number of aromatic nitrogens is 1. The average molecular weight is 318 g/mol. The van der Waals surface area contributed by atoms with Crippen molar-refractivity contribution in [3.8, 4) is 0 Å². The number of thiazole rings is 1. The van der Waals surface area contributed by atoms with Crippen molar-refractivity contribution in [2.24, 2.45) is 0 Å². The minimum absolute atomic E-state index is 0.0438. The summed E-state index contributed by atoms with van der Waals surface area (Å²) in [6, 6.07) is 7.33. The molecule has 1 saturated heterocycles. The van der Waals surface area contributed by atoms with Crippen molar-refractivity contribution in [2.75, 3.05) is 19.6 Å². The predicted octanol–water partition coefficient (Wildman–Crippen LogP) is 0.507. The molecule has 3 rings (SSSR count). The normalized spacial score (nSPS) is 14.5. The highest BCUT2D eigenvalue weighted by Gasteiger charge is 2.29. The molecular formula is C14H14N4O3S. The van der Waals surface area contributed by atoms with E-state index in [1.165, 1.54) is 0 Å². The molecule has 0 radical (unpaired) electrons. The fraction of sp³-hybridized carbons (Fsp3) is 0.286. The second kappa shape index (κ2) is 6.10. The van der Waals surface area contributed by atoms with E-state index < -0.39 is 6.03 Å². The smallest absolute Gasteiger partial charge is 0.325 e. The van der Waals surface area contributed by atoms with Crippen molar-refractivity contribution in [1.29, 1.82) is 0 Å². The van der Waals surface area contributed by atoms with Crippen LogP contribution in [0.2, 0.25) is 0 Å². The van der Waals surface area contributed by atoms with Crippen molar-refractivity contribution >= 4 is 39.4 Å². The van der Waals surface area contributed by atoms with Gasteiger partial charge in [-0.15, -0.1) is 11.3 Å². The summed E-state index contributed by atoms with van der Waals surface area (Å²) in [5.74, 6) is -0.738. The lowest BCUT2D eigenvalue weighted by Crippen LogP contribution is -2.41. The van der Waals surface area contributed by atoms with E-state index in [-0.39, 0.29) is 24.9 Å².